The summed E-state index contributed by atoms with van der Waals surface area (Å²) in [5.74, 6) is 0.838. The molecule has 2 aromatic heterocycles. The molecule has 2 heterocycles. The third kappa shape index (κ3) is 3.33. The van der Waals surface area contributed by atoms with Gasteiger partial charge in [0.05, 0.1) is 29.9 Å². The molecule has 0 spiro atoms. The zero-order valence-corrected chi connectivity index (χ0v) is 13.9. The van der Waals surface area contributed by atoms with Crippen LogP contribution in [0, 0.1) is 0 Å². The first-order valence-corrected chi connectivity index (χ1v) is 8.08. The number of benzene rings is 1. The van der Waals surface area contributed by atoms with Gasteiger partial charge in [0.15, 0.2) is 5.76 Å². The second kappa shape index (κ2) is 7.31. The van der Waals surface area contributed by atoms with Crippen molar-refractivity contribution in [3.05, 3.63) is 54.2 Å². The van der Waals surface area contributed by atoms with Gasteiger partial charge in [-0.25, -0.2) is 4.98 Å². The summed E-state index contributed by atoms with van der Waals surface area (Å²) in [6.07, 6.45) is 1.48. The van der Waals surface area contributed by atoms with Gasteiger partial charge < -0.3 is 19.0 Å². The molecule has 0 unspecified atom stereocenters. The highest BCUT2D eigenvalue weighted by atomic mass is 16.5. The minimum atomic E-state index is -0.254. The van der Waals surface area contributed by atoms with Crippen LogP contribution < -0.4 is 5.32 Å². The van der Waals surface area contributed by atoms with Gasteiger partial charge in [-0.1, -0.05) is 12.1 Å². The molecule has 0 aliphatic heterocycles. The van der Waals surface area contributed by atoms with Crippen LogP contribution in [0.2, 0.25) is 0 Å². The summed E-state index contributed by atoms with van der Waals surface area (Å²) < 4.78 is 12.7. The van der Waals surface area contributed by atoms with Crippen LogP contribution in [0.25, 0.3) is 11.0 Å². The van der Waals surface area contributed by atoms with E-state index >= 15 is 0 Å². The lowest BCUT2D eigenvalue weighted by atomic mass is 10.3. The van der Waals surface area contributed by atoms with E-state index in [9.17, 15) is 4.79 Å². The topological polar surface area (TPSA) is 69.3 Å². The third-order valence-corrected chi connectivity index (χ3v) is 3.83. The maximum absolute atomic E-state index is 12.2. The van der Waals surface area contributed by atoms with Crippen molar-refractivity contribution in [1.82, 2.24) is 14.9 Å². The van der Waals surface area contributed by atoms with E-state index < -0.39 is 0 Å². The number of fused-ring (bicyclic) bond motifs is 1. The van der Waals surface area contributed by atoms with E-state index in [0.29, 0.717) is 25.5 Å². The first-order chi connectivity index (χ1) is 11.7. The van der Waals surface area contributed by atoms with Gasteiger partial charge in [0.25, 0.3) is 5.91 Å². The number of para-hydroxylation sites is 2. The monoisotopic (exact) mass is 327 g/mol. The Kier molecular flexibility index (Phi) is 4.96. The van der Waals surface area contributed by atoms with Crippen LogP contribution in [0.15, 0.2) is 47.1 Å². The maximum Gasteiger partial charge on any atom is 0.287 e. The number of carbonyl (C=O) groups excluding carboxylic acids is 1. The number of amides is 1. The number of hydrogen-bond acceptors (Lipinski definition) is 4. The predicted molar refractivity (Wildman–Crippen MR) is 90.8 cm³/mol. The quantitative estimate of drug-likeness (QED) is 0.677. The lowest BCUT2D eigenvalue weighted by Crippen LogP contribution is -2.28. The number of ether oxygens (including phenoxy) is 1. The molecule has 0 saturated carbocycles. The number of imidazole rings is 1. The fourth-order valence-corrected chi connectivity index (χ4v) is 2.70. The van der Waals surface area contributed by atoms with E-state index in [4.69, 9.17) is 9.15 Å². The lowest BCUT2D eigenvalue weighted by Gasteiger charge is -2.15. The first kappa shape index (κ1) is 16.3. The molecule has 1 aromatic carbocycles. The Bertz CT molecular complexity index is 808. The molecule has 0 bridgehead atoms. The maximum atomic E-state index is 12.2. The van der Waals surface area contributed by atoms with E-state index in [2.05, 4.69) is 14.9 Å². The van der Waals surface area contributed by atoms with Gasteiger partial charge in [-0.2, -0.15) is 0 Å². The molecule has 0 aliphatic carbocycles. The molecule has 6 heteroatoms. The third-order valence-electron chi connectivity index (χ3n) is 3.83. The fourth-order valence-electron chi connectivity index (χ4n) is 2.70. The van der Waals surface area contributed by atoms with E-state index in [0.717, 1.165) is 16.9 Å². The molecule has 6 nitrogen and oxygen atoms in total. The second-order valence-corrected chi connectivity index (χ2v) is 5.48. The first-order valence-electron chi connectivity index (χ1n) is 8.08. The van der Waals surface area contributed by atoms with Crippen LogP contribution in [-0.4, -0.2) is 28.7 Å². The number of carbonyl (C=O) groups is 1. The van der Waals surface area contributed by atoms with Crippen LogP contribution >= 0.6 is 0 Å². The van der Waals surface area contributed by atoms with Gasteiger partial charge >= 0.3 is 0 Å². The van der Waals surface area contributed by atoms with Gasteiger partial charge in [-0.15, -0.1) is 0 Å². The molecule has 3 rings (SSSR count). The van der Waals surface area contributed by atoms with Gasteiger partial charge in [-0.3, -0.25) is 4.79 Å². The predicted octanol–water partition coefficient (Wildman–Crippen LogP) is 3.16. The van der Waals surface area contributed by atoms with Crippen molar-refractivity contribution in [3.8, 4) is 0 Å². The van der Waals surface area contributed by atoms with Crippen molar-refractivity contribution in [2.75, 3.05) is 13.2 Å². The Morgan fingerprint density at radius 2 is 2.17 bits per heavy atom. The molecule has 0 aliphatic rings. The summed E-state index contributed by atoms with van der Waals surface area (Å²) in [6.45, 7) is 5.85. The molecule has 1 amide bonds. The number of hydrogen-bond donors (Lipinski definition) is 1. The van der Waals surface area contributed by atoms with Crippen molar-refractivity contribution in [2.24, 2.45) is 0 Å². The highest BCUT2D eigenvalue weighted by molar-refractivity contribution is 5.91. The summed E-state index contributed by atoms with van der Waals surface area (Å²) >= 11 is 0. The normalized spacial score (nSPS) is 12.4. The summed E-state index contributed by atoms with van der Waals surface area (Å²) in [4.78, 5) is 16.9. The molecule has 0 saturated heterocycles. The van der Waals surface area contributed by atoms with E-state index in [1.54, 1.807) is 12.1 Å². The van der Waals surface area contributed by atoms with Gasteiger partial charge in [0.2, 0.25) is 0 Å². The molecular formula is C18H21N3O3. The second-order valence-electron chi connectivity index (χ2n) is 5.48. The highest BCUT2D eigenvalue weighted by Crippen LogP contribution is 2.21. The minimum Gasteiger partial charge on any atom is -0.459 e. The van der Waals surface area contributed by atoms with E-state index in [-0.39, 0.29) is 11.9 Å². The average Bonchev–Trinajstić information content (AvgIpc) is 3.23. The zero-order chi connectivity index (χ0) is 16.9. The number of furan rings is 1. The zero-order valence-electron chi connectivity index (χ0n) is 13.9. The number of nitrogens with one attached hydrogen (secondary N) is 1. The van der Waals surface area contributed by atoms with Crippen molar-refractivity contribution < 1.29 is 13.9 Å². The smallest absolute Gasteiger partial charge is 0.287 e. The number of aromatic nitrogens is 2. The fraction of sp³-hybridized carbons (Fsp3) is 0.333. The summed E-state index contributed by atoms with van der Waals surface area (Å²) in [7, 11) is 0. The van der Waals surface area contributed by atoms with Crippen molar-refractivity contribution >= 4 is 16.9 Å². The standard InChI is InChI=1S/C18H21N3O3/c1-3-23-12-10-21-15-8-5-4-7-14(15)20-17(21)13(2)19-18(22)16-9-6-11-24-16/h4-9,11,13H,3,10,12H2,1-2H3,(H,19,22)/t13-/m1/s1. The van der Waals surface area contributed by atoms with Crippen LogP contribution in [0.3, 0.4) is 0 Å². The van der Waals surface area contributed by atoms with Crippen LogP contribution in [0.4, 0.5) is 0 Å². The average molecular weight is 327 g/mol. The van der Waals surface area contributed by atoms with Crippen LogP contribution in [-0.2, 0) is 11.3 Å². The van der Waals surface area contributed by atoms with Crippen LogP contribution in [0.5, 0.6) is 0 Å². The largest absolute Gasteiger partial charge is 0.459 e. The summed E-state index contributed by atoms with van der Waals surface area (Å²) in [6, 6.07) is 11.0. The van der Waals surface area contributed by atoms with Gasteiger partial charge in [-0.05, 0) is 38.1 Å². The molecular weight excluding hydrogens is 306 g/mol. The molecule has 0 radical (unpaired) electrons. The van der Waals surface area contributed by atoms with E-state index in [1.165, 1.54) is 6.26 Å². The van der Waals surface area contributed by atoms with Gasteiger partial charge in [0.1, 0.15) is 5.82 Å². The number of rotatable bonds is 7. The molecule has 1 N–H and O–H groups in total. The van der Waals surface area contributed by atoms with E-state index in [1.807, 2.05) is 38.1 Å². The van der Waals surface area contributed by atoms with Crippen LogP contribution in [0.1, 0.15) is 36.3 Å². The SMILES string of the molecule is CCOCCn1c([C@@H](C)NC(=O)c2ccco2)nc2ccccc21. The Balaban J connectivity index is 1.86. The minimum absolute atomic E-state index is 0.253. The lowest BCUT2D eigenvalue weighted by molar-refractivity contribution is 0.0909. The summed E-state index contributed by atoms with van der Waals surface area (Å²) in [5.41, 5.74) is 1.94. The Morgan fingerprint density at radius 3 is 2.92 bits per heavy atom. The van der Waals surface area contributed by atoms with Gasteiger partial charge in [0, 0.05) is 13.2 Å². The van der Waals surface area contributed by atoms with Crippen molar-refractivity contribution in [3.63, 3.8) is 0 Å². The molecule has 1 atom stereocenters. The molecule has 0 fully saturated rings. The Labute approximate surface area is 140 Å². The number of nitrogens with zero attached hydrogens (tertiary/aromatic N) is 2. The van der Waals surface area contributed by atoms with Crippen molar-refractivity contribution in [1.29, 1.82) is 0 Å². The molecule has 24 heavy (non-hydrogen) atoms. The summed E-state index contributed by atoms with van der Waals surface area (Å²) in [5, 5.41) is 2.93. The molecule has 126 valence electrons. The van der Waals surface area contributed by atoms with Crippen molar-refractivity contribution in [2.45, 2.75) is 26.4 Å². The Hall–Kier alpha value is -2.60. The highest BCUT2D eigenvalue weighted by Gasteiger charge is 2.19. The Morgan fingerprint density at radius 1 is 1.33 bits per heavy atom. The molecule has 3 aromatic rings.